The van der Waals surface area contributed by atoms with Gasteiger partial charge >= 0.3 is 11.9 Å². The molecule has 5 heteroatoms. The van der Waals surface area contributed by atoms with Gasteiger partial charge in [0.05, 0.1) is 5.92 Å². The first-order valence-electron chi connectivity index (χ1n) is 17.1. The lowest BCUT2D eigenvalue weighted by atomic mass is 9.86. The fraction of sp³-hybridized carbons (Fsp3) is 0.941. The molecule has 0 saturated heterocycles. The van der Waals surface area contributed by atoms with Gasteiger partial charge in [-0.3, -0.25) is 14.9 Å². The Balaban J connectivity index is 4.49. The number of unbranched alkanes of at least 4 members (excludes halogenated alkanes) is 20. The van der Waals surface area contributed by atoms with E-state index in [2.05, 4.69) is 26.1 Å². The number of nitrogens with one attached hydrogen (secondary N) is 1. The Bertz CT molecular complexity index is 567. The molecule has 232 valence electrons. The van der Waals surface area contributed by atoms with Crippen LogP contribution >= 0.6 is 0 Å². The zero-order chi connectivity index (χ0) is 29.0. The Kier molecular flexibility index (Phi) is 26.6. The van der Waals surface area contributed by atoms with Gasteiger partial charge in [-0.1, -0.05) is 156 Å². The van der Waals surface area contributed by atoms with E-state index in [1.807, 2.05) is 0 Å². The molecule has 0 fully saturated rings. The molecule has 0 aliphatic rings. The maximum Gasteiger partial charge on any atom is 0.320 e. The molecule has 0 rings (SSSR count). The molecule has 5 nitrogen and oxygen atoms in total. The van der Waals surface area contributed by atoms with E-state index in [9.17, 15) is 14.7 Å². The zero-order valence-electron chi connectivity index (χ0n) is 26.6. The lowest BCUT2D eigenvalue weighted by Gasteiger charge is -2.34. The van der Waals surface area contributed by atoms with Gasteiger partial charge in [-0.2, -0.15) is 0 Å². The van der Waals surface area contributed by atoms with E-state index in [-0.39, 0.29) is 6.42 Å². The summed E-state index contributed by atoms with van der Waals surface area (Å²) < 4.78 is 5.31. The van der Waals surface area contributed by atoms with Crippen LogP contribution in [0.2, 0.25) is 0 Å². The smallest absolute Gasteiger partial charge is 0.320 e. The molecule has 2 atom stereocenters. The topological polar surface area (TPSA) is 75.6 Å². The Morgan fingerprint density at radius 3 is 1.44 bits per heavy atom. The Morgan fingerprint density at radius 2 is 1.00 bits per heavy atom. The van der Waals surface area contributed by atoms with Gasteiger partial charge in [0.15, 0.2) is 0 Å². The van der Waals surface area contributed by atoms with Crippen molar-refractivity contribution in [2.24, 2.45) is 5.92 Å². The van der Waals surface area contributed by atoms with Crippen LogP contribution in [0.5, 0.6) is 0 Å². The van der Waals surface area contributed by atoms with Crippen LogP contribution in [-0.2, 0) is 14.3 Å². The van der Waals surface area contributed by atoms with Gasteiger partial charge < -0.3 is 9.84 Å². The maximum atomic E-state index is 13.1. The first-order valence-corrected chi connectivity index (χ1v) is 17.1. The zero-order valence-corrected chi connectivity index (χ0v) is 26.6. The second-order valence-electron chi connectivity index (χ2n) is 11.9. The van der Waals surface area contributed by atoms with Crippen molar-refractivity contribution in [1.29, 1.82) is 0 Å². The van der Waals surface area contributed by atoms with Gasteiger partial charge in [-0.05, 0) is 32.7 Å². The molecule has 0 saturated carbocycles. The molecule has 0 spiro atoms. The summed E-state index contributed by atoms with van der Waals surface area (Å²) in [4.78, 5) is 25.6. The quantitative estimate of drug-likeness (QED) is 0.0417. The van der Waals surface area contributed by atoms with Crippen LogP contribution in [-0.4, -0.2) is 29.8 Å². The molecular formula is C34H67NO4. The maximum absolute atomic E-state index is 13.1. The third kappa shape index (κ3) is 21.5. The molecule has 0 aromatic rings. The number of aliphatic hydroxyl groups is 1. The van der Waals surface area contributed by atoms with Crippen molar-refractivity contribution in [2.75, 3.05) is 7.05 Å². The largest absolute Gasteiger partial charge is 0.393 e. The molecular weight excluding hydrogens is 486 g/mol. The molecule has 0 bridgehead atoms. The number of esters is 2. The normalized spacial score (nSPS) is 13.8. The average molecular weight is 554 g/mol. The van der Waals surface area contributed by atoms with Crippen molar-refractivity contribution >= 4 is 11.9 Å². The van der Waals surface area contributed by atoms with E-state index in [1.165, 1.54) is 83.5 Å². The lowest BCUT2D eigenvalue weighted by Crippen LogP contribution is -2.53. The minimum absolute atomic E-state index is 0.279. The second-order valence-corrected chi connectivity index (χ2v) is 11.9. The molecule has 0 aromatic carbocycles. The number of rotatable bonds is 29. The number of ether oxygens (including phenoxy) is 1. The summed E-state index contributed by atoms with van der Waals surface area (Å²) in [6.07, 6.45) is 28.2. The van der Waals surface area contributed by atoms with E-state index < -0.39 is 23.6 Å². The van der Waals surface area contributed by atoms with Crippen molar-refractivity contribution in [2.45, 2.75) is 193 Å². The van der Waals surface area contributed by atoms with E-state index in [4.69, 9.17) is 4.74 Å². The summed E-state index contributed by atoms with van der Waals surface area (Å²) in [5.74, 6) is -1.72. The molecule has 39 heavy (non-hydrogen) atoms. The van der Waals surface area contributed by atoms with Gasteiger partial charge in [0.25, 0.3) is 0 Å². The number of carbonyl (C=O) groups excluding carboxylic acids is 2. The predicted molar refractivity (Wildman–Crippen MR) is 166 cm³/mol. The van der Waals surface area contributed by atoms with Crippen molar-refractivity contribution < 1.29 is 19.4 Å². The third-order valence-corrected chi connectivity index (χ3v) is 8.25. The Labute approximate surface area is 243 Å². The molecule has 0 aliphatic heterocycles. The number of carbonyl (C=O) groups is 2. The van der Waals surface area contributed by atoms with Crippen LogP contribution in [0.25, 0.3) is 0 Å². The van der Waals surface area contributed by atoms with Crippen LogP contribution in [0.1, 0.15) is 188 Å². The van der Waals surface area contributed by atoms with E-state index >= 15 is 0 Å². The van der Waals surface area contributed by atoms with E-state index in [1.54, 1.807) is 7.05 Å². The molecule has 0 radical (unpaired) electrons. The van der Waals surface area contributed by atoms with Gasteiger partial charge in [0.1, 0.15) is 5.72 Å². The third-order valence-electron chi connectivity index (χ3n) is 8.25. The molecule has 0 heterocycles. The SMILES string of the molecule is CCCCCCCCCCCCCC(=O)OC(=O)C(CCCCCC)C(O)(CCCCCCCCCC)NC. The molecule has 0 amide bonds. The standard InChI is InChI=1S/C34H67NO4/c1-5-8-11-14-16-18-19-20-21-23-26-29-32(36)39-33(37)31(28-25-13-10-7-3)34(38,35-4)30-27-24-22-17-15-12-9-6-2/h31,35,38H,5-30H2,1-4H3. The second kappa shape index (κ2) is 27.2. The van der Waals surface area contributed by atoms with Crippen molar-refractivity contribution in [1.82, 2.24) is 5.32 Å². The number of hydrogen-bond donors (Lipinski definition) is 2. The van der Waals surface area contributed by atoms with Crippen LogP contribution in [0, 0.1) is 5.92 Å². The van der Waals surface area contributed by atoms with Crippen LogP contribution in [0.4, 0.5) is 0 Å². The molecule has 2 unspecified atom stereocenters. The molecule has 2 N–H and O–H groups in total. The first kappa shape index (κ1) is 38.1. The summed E-state index contributed by atoms with van der Waals surface area (Å²) in [5.41, 5.74) is -1.33. The highest BCUT2D eigenvalue weighted by atomic mass is 16.6. The minimum Gasteiger partial charge on any atom is -0.393 e. The van der Waals surface area contributed by atoms with Crippen molar-refractivity contribution in [3.63, 3.8) is 0 Å². The van der Waals surface area contributed by atoms with Gasteiger partial charge in [0, 0.05) is 6.42 Å². The Hall–Kier alpha value is -0.940. The summed E-state index contributed by atoms with van der Waals surface area (Å²) >= 11 is 0. The summed E-state index contributed by atoms with van der Waals surface area (Å²) in [6, 6.07) is 0. The highest BCUT2D eigenvalue weighted by Crippen LogP contribution is 2.29. The Morgan fingerprint density at radius 1 is 0.615 bits per heavy atom. The average Bonchev–Trinajstić information content (AvgIpc) is 2.93. The van der Waals surface area contributed by atoms with Crippen LogP contribution in [0.15, 0.2) is 0 Å². The van der Waals surface area contributed by atoms with Crippen molar-refractivity contribution in [3.05, 3.63) is 0 Å². The van der Waals surface area contributed by atoms with Crippen molar-refractivity contribution in [3.8, 4) is 0 Å². The minimum atomic E-state index is -1.33. The van der Waals surface area contributed by atoms with E-state index in [0.717, 1.165) is 64.2 Å². The number of hydrogen-bond acceptors (Lipinski definition) is 5. The summed E-state index contributed by atoms with van der Waals surface area (Å²) in [5, 5.41) is 14.5. The monoisotopic (exact) mass is 554 g/mol. The van der Waals surface area contributed by atoms with Gasteiger partial charge in [0.2, 0.25) is 0 Å². The van der Waals surface area contributed by atoms with Gasteiger partial charge in [-0.15, -0.1) is 0 Å². The van der Waals surface area contributed by atoms with Gasteiger partial charge in [-0.25, -0.2) is 0 Å². The van der Waals surface area contributed by atoms with Crippen LogP contribution < -0.4 is 5.32 Å². The highest BCUT2D eigenvalue weighted by Gasteiger charge is 2.41. The summed E-state index contributed by atoms with van der Waals surface area (Å²) in [7, 11) is 1.71. The van der Waals surface area contributed by atoms with Crippen LogP contribution in [0.3, 0.4) is 0 Å². The van der Waals surface area contributed by atoms with E-state index in [0.29, 0.717) is 12.8 Å². The predicted octanol–water partition coefficient (Wildman–Crippen LogP) is 9.78. The fourth-order valence-electron chi connectivity index (χ4n) is 5.50. The first-order chi connectivity index (χ1) is 18.9. The summed E-state index contributed by atoms with van der Waals surface area (Å²) in [6.45, 7) is 6.64. The fourth-order valence-corrected chi connectivity index (χ4v) is 5.50. The molecule has 0 aromatic heterocycles. The lowest BCUT2D eigenvalue weighted by molar-refractivity contribution is -0.172. The highest BCUT2D eigenvalue weighted by molar-refractivity contribution is 5.87. The molecule has 0 aliphatic carbocycles.